The van der Waals surface area contributed by atoms with Crippen LogP contribution in [0.25, 0.3) is 5.69 Å². The molecule has 0 bridgehead atoms. The predicted molar refractivity (Wildman–Crippen MR) is 136 cm³/mol. The average Bonchev–Trinajstić information content (AvgIpc) is 3.25. The number of amides is 1. The highest BCUT2D eigenvalue weighted by molar-refractivity contribution is 8.00. The van der Waals surface area contributed by atoms with E-state index < -0.39 is 5.25 Å². The van der Waals surface area contributed by atoms with E-state index in [0.717, 1.165) is 28.4 Å². The Bertz CT molecular complexity index is 1210. The molecule has 1 heterocycles. The van der Waals surface area contributed by atoms with Crippen LogP contribution in [-0.4, -0.2) is 46.3 Å². The monoisotopic (exact) mass is 472 g/mol. The molecule has 4 aromatic rings. The summed E-state index contributed by atoms with van der Waals surface area (Å²) in [7, 11) is 3.55. The molecular weight excluding hydrogens is 444 g/mol. The van der Waals surface area contributed by atoms with E-state index in [1.165, 1.54) is 11.8 Å². The minimum atomic E-state index is -0.438. The lowest BCUT2D eigenvalue weighted by Gasteiger charge is -2.20. The molecule has 1 unspecified atom stereocenters. The number of rotatable bonds is 9. The van der Waals surface area contributed by atoms with Crippen LogP contribution in [0.3, 0.4) is 0 Å². The Hall–Kier alpha value is -3.58. The first-order valence-electron chi connectivity index (χ1n) is 11.2. The molecule has 1 amide bonds. The maximum Gasteiger partial charge on any atom is 0.240 e. The van der Waals surface area contributed by atoms with Gasteiger partial charge in [0.05, 0.1) is 6.61 Å². The van der Waals surface area contributed by atoms with Crippen LogP contribution in [0.1, 0.15) is 29.1 Å². The van der Waals surface area contributed by atoms with Gasteiger partial charge in [-0.2, -0.15) is 0 Å². The average molecular weight is 473 g/mol. The maximum atomic E-state index is 13.1. The molecule has 0 fully saturated rings. The van der Waals surface area contributed by atoms with Crippen LogP contribution < -0.4 is 4.74 Å². The molecule has 0 spiro atoms. The van der Waals surface area contributed by atoms with E-state index in [2.05, 4.69) is 22.3 Å². The van der Waals surface area contributed by atoms with Gasteiger partial charge in [0.2, 0.25) is 5.91 Å². The lowest BCUT2D eigenvalue weighted by Crippen LogP contribution is -2.27. The molecule has 34 heavy (non-hydrogen) atoms. The zero-order valence-corrected chi connectivity index (χ0v) is 20.4. The van der Waals surface area contributed by atoms with Crippen LogP contribution in [0.4, 0.5) is 0 Å². The first-order chi connectivity index (χ1) is 16.6. The van der Waals surface area contributed by atoms with Gasteiger partial charge in [-0.15, -0.1) is 10.2 Å². The summed E-state index contributed by atoms with van der Waals surface area (Å²) < 4.78 is 7.65. The number of carbonyl (C=O) groups excluding carboxylic acids is 1. The fourth-order valence-corrected chi connectivity index (χ4v) is 4.84. The molecule has 174 valence electrons. The Morgan fingerprint density at radius 2 is 1.59 bits per heavy atom. The van der Waals surface area contributed by atoms with Crippen LogP contribution >= 0.6 is 11.8 Å². The zero-order chi connectivity index (χ0) is 23.9. The lowest BCUT2D eigenvalue weighted by atomic mass is 10.1. The number of hydrogen-bond acceptors (Lipinski definition) is 5. The summed E-state index contributed by atoms with van der Waals surface area (Å²) >= 11 is 1.41. The molecule has 0 aliphatic heterocycles. The Morgan fingerprint density at radius 1 is 0.941 bits per heavy atom. The van der Waals surface area contributed by atoms with Gasteiger partial charge >= 0.3 is 0 Å². The molecule has 6 nitrogen and oxygen atoms in total. The number of hydrogen-bond donors (Lipinski definition) is 0. The van der Waals surface area contributed by atoms with E-state index in [9.17, 15) is 4.79 Å². The number of ether oxygens (including phenoxy) is 1. The van der Waals surface area contributed by atoms with Crippen LogP contribution in [-0.2, 0) is 11.2 Å². The second kappa shape index (κ2) is 11.0. The number of carbonyl (C=O) groups is 1. The van der Waals surface area contributed by atoms with E-state index in [0.29, 0.717) is 18.2 Å². The Kier molecular flexibility index (Phi) is 7.65. The van der Waals surface area contributed by atoms with Crippen molar-refractivity contribution in [3.05, 3.63) is 102 Å². The number of benzene rings is 3. The maximum absolute atomic E-state index is 13.1. The van der Waals surface area contributed by atoms with Gasteiger partial charge in [-0.25, -0.2) is 0 Å². The summed E-state index contributed by atoms with van der Waals surface area (Å²) in [5.74, 6) is 1.62. The molecule has 1 atom stereocenters. The molecule has 0 aliphatic carbocycles. The first-order valence-corrected chi connectivity index (χ1v) is 12.1. The van der Waals surface area contributed by atoms with Gasteiger partial charge in [0, 0.05) is 26.2 Å². The predicted octanol–water partition coefficient (Wildman–Crippen LogP) is 5.18. The largest absolute Gasteiger partial charge is 0.494 e. The summed E-state index contributed by atoms with van der Waals surface area (Å²) in [6.07, 6.45) is 0.624. The van der Waals surface area contributed by atoms with E-state index in [-0.39, 0.29) is 5.91 Å². The SMILES string of the molecule is CCOc1ccc(-n2c(Cc3ccccc3)nnc2SC(C(=O)N(C)C)c2ccccc2)cc1. The van der Waals surface area contributed by atoms with Crippen LogP contribution in [0, 0.1) is 0 Å². The molecule has 3 aromatic carbocycles. The van der Waals surface area contributed by atoms with E-state index in [4.69, 9.17) is 4.74 Å². The first kappa shape index (κ1) is 23.6. The molecule has 0 saturated heterocycles. The van der Waals surface area contributed by atoms with E-state index in [1.807, 2.05) is 84.3 Å². The Balaban J connectivity index is 1.75. The van der Waals surface area contributed by atoms with Crippen molar-refractivity contribution in [2.24, 2.45) is 0 Å². The van der Waals surface area contributed by atoms with Gasteiger partial charge in [-0.05, 0) is 42.3 Å². The second-order valence-electron chi connectivity index (χ2n) is 7.96. The molecular formula is C27H28N4O2S. The van der Waals surface area contributed by atoms with Crippen LogP contribution in [0.2, 0.25) is 0 Å². The standard InChI is InChI=1S/C27H28N4O2S/c1-4-33-23-17-15-22(16-18-23)31-24(19-20-11-7-5-8-12-20)28-29-27(31)34-25(26(32)30(2)3)21-13-9-6-10-14-21/h5-18,25H,4,19H2,1-3H3. The van der Waals surface area contributed by atoms with Gasteiger partial charge in [0.15, 0.2) is 5.16 Å². The molecule has 4 rings (SSSR count). The number of nitrogens with zero attached hydrogens (tertiary/aromatic N) is 4. The van der Waals surface area contributed by atoms with E-state index >= 15 is 0 Å². The van der Waals surface area contributed by atoms with Gasteiger partial charge in [-0.3, -0.25) is 9.36 Å². The topological polar surface area (TPSA) is 60.2 Å². The van der Waals surface area contributed by atoms with Gasteiger partial charge in [0.1, 0.15) is 16.8 Å². The zero-order valence-electron chi connectivity index (χ0n) is 19.6. The van der Waals surface area contributed by atoms with Gasteiger partial charge in [-0.1, -0.05) is 72.4 Å². The molecule has 0 N–H and O–H groups in total. The van der Waals surface area contributed by atoms with Crippen molar-refractivity contribution in [1.82, 2.24) is 19.7 Å². The van der Waals surface area contributed by atoms with Crippen molar-refractivity contribution in [2.75, 3.05) is 20.7 Å². The molecule has 0 aliphatic rings. The van der Waals surface area contributed by atoms with Crippen LogP contribution in [0.5, 0.6) is 5.75 Å². The Labute approximate surface area is 204 Å². The summed E-state index contributed by atoms with van der Waals surface area (Å²) in [6.45, 7) is 2.57. The third-order valence-electron chi connectivity index (χ3n) is 5.30. The van der Waals surface area contributed by atoms with Crippen molar-refractivity contribution >= 4 is 17.7 Å². The minimum absolute atomic E-state index is 0.00190. The second-order valence-corrected chi connectivity index (χ2v) is 9.04. The van der Waals surface area contributed by atoms with Crippen molar-refractivity contribution in [1.29, 1.82) is 0 Å². The van der Waals surface area contributed by atoms with Crippen molar-refractivity contribution < 1.29 is 9.53 Å². The number of aromatic nitrogens is 3. The summed E-state index contributed by atoms with van der Waals surface area (Å²) in [6, 6.07) is 27.9. The highest BCUT2D eigenvalue weighted by Gasteiger charge is 2.27. The summed E-state index contributed by atoms with van der Waals surface area (Å²) in [5, 5.41) is 9.29. The quantitative estimate of drug-likeness (QED) is 0.314. The minimum Gasteiger partial charge on any atom is -0.494 e. The van der Waals surface area contributed by atoms with Crippen molar-refractivity contribution in [3.8, 4) is 11.4 Å². The third kappa shape index (κ3) is 5.48. The Morgan fingerprint density at radius 3 is 2.21 bits per heavy atom. The lowest BCUT2D eigenvalue weighted by molar-refractivity contribution is -0.128. The highest BCUT2D eigenvalue weighted by Crippen LogP contribution is 2.37. The fourth-order valence-electron chi connectivity index (χ4n) is 3.62. The van der Waals surface area contributed by atoms with Crippen molar-refractivity contribution in [3.63, 3.8) is 0 Å². The van der Waals surface area contributed by atoms with E-state index in [1.54, 1.807) is 19.0 Å². The molecule has 0 saturated carbocycles. The number of thioether (sulfide) groups is 1. The summed E-state index contributed by atoms with van der Waals surface area (Å²) in [4.78, 5) is 14.8. The fraction of sp³-hybridized carbons (Fsp3) is 0.222. The van der Waals surface area contributed by atoms with Gasteiger partial charge < -0.3 is 9.64 Å². The highest BCUT2D eigenvalue weighted by atomic mass is 32.2. The molecule has 0 radical (unpaired) electrons. The molecule has 7 heteroatoms. The number of likely N-dealkylation sites (N-methyl/N-ethyl adjacent to an activating group) is 1. The molecule has 1 aromatic heterocycles. The third-order valence-corrected chi connectivity index (χ3v) is 6.49. The normalized spacial score (nSPS) is 11.7. The smallest absolute Gasteiger partial charge is 0.240 e. The summed E-state index contributed by atoms with van der Waals surface area (Å²) in [5.41, 5.74) is 2.99. The van der Waals surface area contributed by atoms with Crippen molar-refractivity contribution in [2.45, 2.75) is 23.8 Å². The van der Waals surface area contributed by atoms with Gasteiger partial charge in [0.25, 0.3) is 0 Å². The van der Waals surface area contributed by atoms with Crippen LogP contribution in [0.15, 0.2) is 90.1 Å².